The van der Waals surface area contributed by atoms with Crippen molar-refractivity contribution >= 4 is 27.3 Å². The number of hydrogen-bond acceptors (Lipinski definition) is 3. The molecule has 21 heavy (non-hydrogen) atoms. The molecule has 0 saturated heterocycles. The normalized spacial score (nSPS) is 12.4. The smallest absolute Gasteiger partial charge is 0.129 e. The van der Waals surface area contributed by atoms with Gasteiger partial charge >= 0.3 is 0 Å². The van der Waals surface area contributed by atoms with Crippen molar-refractivity contribution in [3.63, 3.8) is 0 Å². The number of hydrogen-bond donors (Lipinski definition) is 1. The minimum Gasteiger partial charge on any atom is -0.496 e. The molecular weight excluding hydrogens is 346 g/mol. The lowest BCUT2D eigenvalue weighted by molar-refractivity contribution is 0.416. The Morgan fingerprint density at radius 1 is 1.24 bits per heavy atom. The molecule has 0 radical (unpaired) electrons. The third-order valence-electron chi connectivity index (χ3n) is 3.57. The summed E-state index contributed by atoms with van der Waals surface area (Å²) in [4.78, 5) is 1.30. The van der Waals surface area contributed by atoms with Gasteiger partial charge in [-0.1, -0.05) is 28.9 Å². The van der Waals surface area contributed by atoms with Crippen LogP contribution in [0.2, 0.25) is 0 Å². The standard InChI is InChI=1S/C17H22BrNOS/c1-5-6-19-17(16-9-13(20-4)10-21-16)14-7-12(3)15(18)8-11(14)2/h7-10,17,19H,5-6H2,1-4H3. The average molecular weight is 368 g/mol. The highest BCUT2D eigenvalue weighted by atomic mass is 79.9. The second kappa shape index (κ2) is 7.43. The summed E-state index contributed by atoms with van der Waals surface area (Å²) in [5.74, 6) is 0.935. The fourth-order valence-electron chi connectivity index (χ4n) is 2.36. The van der Waals surface area contributed by atoms with Crippen LogP contribution in [-0.4, -0.2) is 13.7 Å². The molecule has 2 aromatic rings. The zero-order valence-electron chi connectivity index (χ0n) is 13.0. The lowest BCUT2D eigenvalue weighted by atomic mass is 9.97. The number of ether oxygens (including phenoxy) is 1. The van der Waals surface area contributed by atoms with E-state index in [-0.39, 0.29) is 6.04 Å². The molecule has 1 unspecified atom stereocenters. The molecule has 0 saturated carbocycles. The van der Waals surface area contributed by atoms with Crippen LogP contribution in [0.5, 0.6) is 5.75 Å². The highest BCUT2D eigenvalue weighted by Gasteiger charge is 2.18. The van der Waals surface area contributed by atoms with Crippen LogP contribution < -0.4 is 10.1 Å². The van der Waals surface area contributed by atoms with Crippen LogP contribution in [0.3, 0.4) is 0 Å². The van der Waals surface area contributed by atoms with E-state index in [0.29, 0.717) is 0 Å². The SMILES string of the molecule is CCCNC(c1cc(OC)cs1)c1cc(C)c(Br)cc1C. The molecule has 1 aromatic carbocycles. The first-order chi connectivity index (χ1) is 10.1. The van der Waals surface area contributed by atoms with Crippen molar-refractivity contribution in [1.29, 1.82) is 0 Å². The third-order valence-corrected chi connectivity index (χ3v) is 5.40. The van der Waals surface area contributed by atoms with Gasteiger partial charge < -0.3 is 10.1 Å². The summed E-state index contributed by atoms with van der Waals surface area (Å²) in [6.45, 7) is 7.50. The summed E-state index contributed by atoms with van der Waals surface area (Å²) in [5, 5.41) is 5.73. The van der Waals surface area contributed by atoms with Gasteiger partial charge in [0.15, 0.2) is 0 Å². The van der Waals surface area contributed by atoms with Gasteiger partial charge in [-0.3, -0.25) is 0 Å². The van der Waals surface area contributed by atoms with Crippen molar-refractivity contribution in [1.82, 2.24) is 5.32 Å². The number of aryl methyl sites for hydroxylation is 2. The molecule has 0 spiro atoms. The van der Waals surface area contributed by atoms with Crippen LogP contribution in [-0.2, 0) is 0 Å². The number of thiophene rings is 1. The zero-order chi connectivity index (χ0) is 15.4. The molecular formula is C17H22BrNOS. The van der Waals surface area contributed by atoms with Crippen molar-refractivity contribution in [2.45, 2.75) is 33.2 Å². The molecule has 0 amide bonds. The maximum absolute atomic E-state index is 5.33. The summed E-state index contributed by atoms with van der Waals surface area (Å²) in [5.41, 5.74) is 3.91. The number of methoxy groups -OCH3 is 1. The first-order valence-electron chi connectivity index (χ1n) is 7.19. The third kappa shape index (κ3) is 3.87. The van der Waals surface area contributed by atoms with Crippen molar-refractivity contribution in [3.05, 3.63) is 49.6 Å². The van der Waals surface area contributed by atoms with E-state index >= 15 is 0 Å². The van der Waals surface area contributed by atoms with Gasteiger partial charge in [0.2, 0.25) is 0 Å². The fourth-order valence-corrected chi connectivity index (χ4v) is 3.76. The molecule has 0 bridgehead atoms. The van der Waals surface area contributed by atoms with Gasteiger partial charge in [0.25, 0.3) is 0 Å². The molecule has 1 atom stereocenters. The second-order valence-corrected chi connectivity index (χ2v) is 7.03. The van der Waals surface area contributed by atoms with E-state index in [0.717, 1.165) is 18.7 Å². The van der Waals surface area contributed by atoms with Gasteiger partial charge in [-0.2, -0.15) is 0 Å². The van der Waals surface area contributed by atoms with Gasteiger partial charge in [0, 0.05) is 14.7 Å². The Balaban J connectivity index is 2.42. The van der Waals surface area contributed by atoms with E-state index in [2.05, 4.69) is 65.6 Å². The predicted molar refractivity (Wildman–Crippen MR) is 94.6 cm³/mol. The van der Waals surface area contributed by atoms with E-state index < -0.39 is 0 Å². The van der Waals surface area contributed by atoms with Crippen molar-refractivity contribution in [2.75, 3.05) is 13.7 Å². The Hall–Kier alpha value is -0.840. The molecule has 4 heteroatoms. The molecule has 1 N–H and O–H groups in total. The molecule has 1 aromatic heterocycles. The lowest BCUT2D eigenvalue weighted by Crippen LogP contribution is -2.23. The van der Waals surface area contributed by atoms with Gasteiger partial charge in [-0.05, 0) is 55.6 Å². The molecule has 0 aliphatic carbocycles. The summed E-state index contributed by atoms with van der Waals surface area (Å²) in [6.07, 6.45) is 1.12. The zero-order valence-corrected chi connectivity index (χ0v) is 15.4. The number of halogens is 1. The summed E-state index contributed by atoms with van der Waals surface area (Å²) in [6, 6.07) is 6.84. The molecule has 114 valence electrons. The van der Waals surface area contributed by atoms with Crippen molar-refractivity contribution < 1.29 is 4.74 Å². The van der Waals surface area contributed by atoms with Crippen LogP contribution in [0.25, 0.3) is 0 Å². The average Bonchev–Trinajstić information content (AvgIpc) is 2.93. The Morgan fingerprint density at radius 2 is 2.00 bits per heavy atom. The minimum atomic E-state index is 0.227. The Bertz CT molecular complexity index is 609. The van der Waals surface area contributed by atoms with E-state index in [4.69, 9.17) is 4.74 Å². The molecule has 0 aliphatic heterocycles. The van der Waals surface area contributed by atoms with Crippen molar-refractivity contribution in [3.8, 4) is 5.75 Å². The van der Waals surface area contributed by atoms with Crippen molar-refractivity contribution in [2.24, 2.45) is 0 Å². The molecule has 1 heterocycles. The lowest BCUT2D eigenvalue weighted by Gasteiger charge is -2.21. The topological polar surface area (TPSA) is 21.3 Å². The summed E-state index contributed by atoms with van der Waals surface area (Å²) in [7, 11) is 1.72. The van der Waals surface area contributed by atoms with E-state index in [9.17, 15) is 0 Å². The highest BCUT2D eigenvalue weighted by molar-refractivity contribution is 9.10. The number of nitrogens with one attached hydrogen (secondary N) is 1. The number of benzene rings is 1. The van der Waals surface area contributed by atoms with E-state index in [1.807, 2.05) is 0 Å². The van der Waals surface area contributed by atoms with E-state index in [1.165, 1.54) is 26.0 Å². The predicted octanol–water partition coefficient (Wildman–Crippen LogP) is 5.23. The van der Waals surface area contributed by atoms with E-state index in [1.54, 1.807) is 18.4 Å². The van der Waals surface area contributed by atoms with Crippen LogP contribution in [0, 0.1) is 13.8 Å². The highest BCUT2D eigenvalue weighted by Crippen LogP contribution is 2.34. The quantitative estimate of drug-likeness (QED) is 0.754. The Morgan fingerprint density at radius 3 is 2.62 bits per heavy atom. The maximum Gasteiger partial charge on any atom is 0.129 e. The van der Waals surface area contributed by atoms with Crippen LogP contribution >= 0.6 is 27.3 Å². The molecule has 2 rings (SSSR count). The van der Waals surface area contributed by atoms with Crippen LogP contribution in [0.15, 0.2) is 28.1 Å². The monoisotopic (exact) mass is 367 g/mol. The molecule has 0 aliphatic rings. The number of rotatable bonds is 6. The van der Waals surface area contributed by atoms with Gasteiger partial charge in [0.1, 0.15) is 5.75 Å². The van der Waals surface area contributed by atoms with Crippen LogP contribution in [0.4, 0.5) is 0 Å². The minimum absolute atomic E-state index is 0.227. The Labute approximate surface area is 139 Å². The molecule has 2 nitrogen and oxygen atoms in total. The van der Waals surface area contributed by atoms with Crippen LogP contribution in [0.1, 0.15) is 41.0 Å². The fraction of sp³-hybridized carbons (Fsp3) is 0.412. The molecule has 0 fully saturated rings. The summed E-state index contributed by atoms with van der Waals surface area (Å²) >= 11 is 5.36. The van der Waals surface area contributed by atoms with Gasteiger partial charge in [-0.15, -0.1) is 11.3 Å². The first-order valence-corrected chi connectivity index (χ1v) is 8.86. The second-order valence-electron chi connectivity index (χ2n) is 5.23. The summed E-state index contributed by atoms with van der Waals surface area (Å²) < 4.78 is 6.50. The van der Waals surface area contributed by atoms with Gasteiger partial charge in [-0.25, -0.2) is 0 Å². The first kappa shape index (κ1) is 16.5. The van der Waals surface area contributed by atoms with Gasteiger partial charge in [0.05, 0.1) is 13.2 Å². The Kier molecular flexibility index (Phi) is 5.85. The maximum atomic E-state index is 5.33. The largest absolute Gasteiger partial charge is 0.496 e.